The molecule has 1 aliphatic rings. The van der Waals surface area contributed by atoms with E-state index < -0.39 is 10.1 Å². The van der Waals surface area contributed by atoms with Gasteiger partial charge in [-0.1, -0.05) is 11.6 Å². The van der Waals surface area contributed by atoms with E-state index in [1.165, 1.54) is 12.3 Å². The molecule has 5 heteroatoms. The van der Waals surface area contributed by atoms with Crippen molar-refractivity contribution in [3.8, 4) is 0 Å². The molecule has 0 fully saturated rings. The summed E-state index contributed by atoms with van der Waals surface area (Å²) < 4.78 is 0. The van der Waals surface area contributed by atoms with Gasteiger partial charge in [0, 0.05) is 23.6 Å². The topological polar surface area (TPSA) is 42.0 Å². The molecular formula is C9H6Cl2N2O. The summed E-state index contributed by atoms with van der Waals surface area (Å²) >= 11 is 11.5. The fourth-order valence-corrected chi connectivity index (χ4v) is 1.70. The van der Waals surface area contributed by atoms with Gasteiger partial charge in [0.05, 0.1) is 0 Å². The highest BCUT2D eigenvalue weighted by Gasteiger charge is 2.38. The number of carbonyl (C=O) groups excluding carboxylic acids is 1. The number of hydrogen-bond donors (Lipinski definition) is 1. The number of nitrogens with one attached hydrogen (secondary N) is 1. The van der Waals surface area contributed by atoms with Crippen molar-refractivity contribution < 1.29 is 4.79 Å². The number of rotatable bonds is 1. The molecule has 0 saturated heterocycles. The average molecular weight is 229 g/mol. The third-order valence-electron chi connectivity index (χ3n) is 2.05. The molecule has 1 aliphatic heterocycles. The van der Waals surface area contributed by atoms with Crippen molar-refractivity contribution in [1.82, 2.24) is 4.98 Å². The standard InChI is InChI=1S/C9H6Cl2N2O/c10-8(14)9(11)2-4-13-7-1-3-12-5-6(7)9/h1-5,13H. The van der Waals surface area contributed by atoms with Gasteiger partial charge in [0.25, 0.3) is 5.24 Å². The summed E-state index contributed by atoms with van der Waals surface area (Å²) in [6, 6.07) is 1.73. The van der Waals surface area contributed by atoms with Crippen molar-refractivity contribution >= 4 is 34.1 Å². The zero-order valence-corrected chi connectivity index (χ0v) is 8.51. The van der Waals surface area contributed by atoms with Crippen molar-refractivity contribution in [3.05, 3.63) is 36.3 Å². The third kappa shape index (κ3) is 1.29. The molecule has 72 valence electrons. The SMILES string of the molecule is O=C(Cl)C1(Cl)C=CNc2ccncc21. The average Bonchev–Trinajstić information content (AvgIpc) is 2.18. The summed E-state index contributed by atoms with van der Waals surface area (Å²) in [5, 5.41) is 2.32. The van der Waals surface area contributed by atoms with Gasteiger partial charge in [-0.2, -0.15) is 0 Å². The number of fused-ring (bicyclic) bond motifs is 1. The maximum Gasteiger partial charge on any atom is 0.251 e. The zero-order chi connectivity index (χ0) is 10.2. The van der Waals surface area contributed by atoms with Crippen LogP contribution in [-0.4, -0.2) is 10.2 Å². The molecule has 0 spiro atoms. The highest BCUT2D eigenvalue weighted by Crippen LogP contribution is 2.39. The molecule has 1 aromatic heterocycles. The van der Waals surface area contributed by atoms with E-state index in [-0.39, 0.29) is 0 Å². The Morgan fingerprint density at radius 2 is 2.36 bits per heavy atom. The Labute approximate surface area is 90.7 Å². The zero-order valence-electron chi connectivity index (χ0n) is 7.00. The summed E-state index contributed by atoms with van der Waals surface area (Å²) in [5.74, 6) is 0. The lowest BCUT2D eigenvalue weighted by Crippen LogP contribution is -2.27. The lowest BCUT2D eigenvalue weighted by molar-refractivity contribution is -0.113. The minimum Gasteiger partial charge on any atom is -0.362 e. The van der Waals surface area contributed by atoms with Crippen LogP contribution in [0.2, 0.25) is 0 Å². The van der Waals surface area contributed by atoms with E-state index >= 15 is 0 Å². The lowest BCUT2D eigenvalue weighted by Gasteiger charge is -2.25. The number of nitrogens with zero attached hydrogens (tertiary/aromatic N) is 1. The summed E-state index contributed by atoms with van der Waals surface area (Å²) in [6.45, 7) is 0. The van der Waals surface area contributed by atoms with E-state index in [4.69, 9.17) is 23.2 Å². The van der Waals surface area contributed by atoms with Crippen molar-refractivity contribution in [3.63, 3.8) is 0 Å². The van der Waals surface area contributed by atoms with Crippen LogP contribution in [0.1, 0.15) is 5.56 Å². The van der Waals surface area contributed by atoms with Crippen LogP contribution in [0, 0.1) is 0 Å². The molecule has 0 bridgehead atoms. The van der Waals surface area contributed by atoms with Crippen LogP contribution in [0.15, 0.2) is 30.7 Å². The highest BCUT2D eigenvalue weighted by molar-refractivity contribution is 6.71. The lowest BCUT2D eigenvalue weighted by atomic mass is 9.97. The molecule has 0 aromatic carbocycles. The van der Waals surface area contributed by atoms with Gasteiger partial charge in [-0.3, -0.25) is 9.78 Å². The number of aromatic nitrogens is 1. The van der Waals surface area contributed by atoms with Crippen molar-refractivity contribution in [2.75, 3.05) is 5.32 Å². The maximum atomic E-state index is 11.2. The molecule has 0 aliphatic carbocycles. The molecule has 1 atom stereocenters. The smallest absolute Gasteiger partial charge is 0.251 e. The Hall–Kier alpha value is -1.06. The van der Waals surface area contributed by atoms with Crippen LogP contribution in [0.4, 0.5) is 5.69 Å². The number of allylic oxidation sites excluding steroid dienone is 1. The predicted octanol–water partition coefficient (Wildman–Crippen LogP) is 2.22. The molecule has 3 nitrogen and oxygen atoms in total. The number of carbonyl (C=O) groups is 1. The first-order valence-corrected chi connectivity index (χ1v) is 4.68. The first kappa shape index (κ1) is 9.49. The normalized spacial score (nSPS) is 23.9. The van der Waals surface area contributed by atoms with Crippen molar-refractivity contribution in [2.45, 2.75) is 4.87 Å². The summed E-state index contributed by atoms with van der Waals surface area (Å²) in [6.07, 6.45) is 6.24. The van der Waals surface area contributed by atoms with E-state index in [9.17, 15) is 4.79 Å². The number of alkyl halides is 1. The molecule has 0 amide bonds. The molecule has 1 aromatic rings. The second kappa shape index (κ2) is 3.26. The molecule has 0 saturated carbocycles. The fourth-order valence-electron chi connectivity index (χ4n) is 1.32. The molecular weight excluding hydrogens is 223 g/mol. The van der Waals surface area contributed by atoms with Gasteiger partial charge in [0.1, 0.15) is 0 Å². The molecule has 1 unspecified atom stereocenters. The van der Waals surface area contributed by atoms with Gasteiger partial charge in [0.15, 0.2) is 4.87 Å². The quantitative estimate of drug-likeness (QED) is 0.593. The second-order valence-electron chi connectivity index (χ2n) is 2.88. The minimum atomic E-state index is -1.30. The third-order valence-corrected chi connectivity index (χ3v) is 2.95. The van der Waals surface area contributed by atoms with Crippen LogP contribution in [0.25, 0.3) is 0 Å². The van der Waals surface area contributed by atoms with Gasteiger partial charge < -0.3 is 5.32 Å². The van der Waals surface area contributed by atoms with Crippen LogP contribution >= 0.6 is 23.2 Å². The van der Waals surface area contributed by atoms with Crippen molar-refractivity contribution in [2.24, 2.45) is 0 Å². The van der Waals surface area contributed by atoms with Crippen molar-refractivity contribution in [1.29, 1.82) is 0 Å². The van der Waals surface area contributed by atoms with Crippen LogP contribution in [0.5, 0.6) is 0 Å². The Morgan fingerprint density at radius 1 is 1.57 bits per heavy atom. The van der Waals surface area contributed by atoms with E-state index in [1.807, 2.05) is 0 Å². The Bertz CT molecular complexity index is 419. The van der Waals surface area contributed by atoms with Gasteiger partial charge in [-0.15, -0.1) is 0 Å². The molecule has 14 heavy (non-hydrogen) atoms. The maximum absolute atomic E-state index is 11.2. The first-order chi connectivity index (χ1) is 6.64. The molecule has 2 rings (SSSR count). The summed E-state index contributed by atoms with van der Waals surface area (Å²) in [5.41, 5.74) is 1.32. The van der Waals surface area contributed by atoms with Gasteiger partial charge >= 0.3 is 0 Å². The molecule has 0 radical (unpaired) electrons. The highest BCUT2D eigenvalue weighted by atomic mass is 35.5. The van der Waals surface area contributed by atoms with Crippen LogP contribution in [-0.2, 0) is 9.67 Å². The minimum absolute atomic E-state index is 0.573. The first-order valence-electron chi connectivity index (χ1n) is 3.92. The predicted molar refractivity (Wildman–Crippen MR) is 55.4 cm³/mol. The fraction of sp³-hybridized carbons (Fsp3) is 0.111. The number of halogens is 2. The van der Waals surface area contributed by atoms with E-state index in [0.717, 1.165) is 5.69 Å². The Kier molecular flexibility index (Phi) is 2.21. The van der Waals surface area contributed by atoms with Crippen LogP contribution in [0.3, 0.4) is 0 Å². The summed E-state index contributed by atoms with van der Waals surface area (Å²) in [7, 11) is 0. The van der Waals surface area contributed by atoms with E-state index in [1.54, 1.807) is 18.5 Å². The van der Waals surface area contributed by atoms with Gasteiger partial charge in [0.2, 0.25) is 0 Å². The number of anilines is 1. The van der Waals surface area contributed by atoms with Crippen LogP contribution < -0.4 is 5.32 Å². The van der Waals surface area contributed by atoms with E-state index in [2.05, 4.69) is 10.3 Å². The molecule has 2 heterocycles. The Balaban J connectivity index is 2.61. The van der Waals surface area contributed by atoms with E-state index in [0.29, 0.717) is 5.56 Å². The Morgan fingerprint density at radius 3 is 3.07 bits per heavy atom. The molecule has 1 N–H and O–H groups in total. The number of pyridine rings is 1. The largest absolute Gasteiger partial charge is 0.362 e. The number of hydrogen-bond acceptors (Lipinski definition) is 3. The monoisotopic (exact) mass is 228 g/mol. The summed E-state index contributed by atoms with van der Waals surface area (Å²) in [4.78, 5) is 13.8. The van der Waals surface area contributed by atoms with Gasteiger partial charge in [-0.05, 0) is 29.9 Å². The van der Waals surface area contributed by atoms with Gasteiger partial charge in [-0.25, -0.2) is 0 Å². The second-order valence-corrected chi connectivity index (χ2v) is 3.82.